The lowest BCUT2D eigenvalue weighted by atomic mass is 9.83. The third kappa shape index (κ3) is 4.38. The van der Waals surface area contributed by atoms with E-state index >= 15 is 0 Å². The molecule has 2 heterocycles. The molecule has 170 valence electrons. The molecule has 2 aliphatic rings. The minimum Gasteiger partial charge on any atom is -0.497 e. The molecule has 2 atom stereocenters. The van der Waals surface area contributed by atoms with E-state index in [0.717, 1.165) is 35.8 Å². The summed E-state index contributed by atoms with van der Waals surface area (Å²) < 4.78 is 18.9. The number of fused-ring (bicyclic) bond motifs is 3. The summed E-state index contributed by atoms with van der Waals surface area (Å²) in [6.07, 6.45) is 0.679. The third-order valence-corrected chi connectivity index (χ3v) is 6.76. The number of hydrogen-bond acceptors (Lipinski definition) is 4. The Bertz CT molecular complexity index is 1120. The molecular formula is C27H28FN3O2. The second kappa shape index (κ2) is 9.14. The molecular weight excluding hydrogens is 417 g/mol. The van der Waals surface area contributed by atoms with Gasteiger partial charge in [-0.2, -0.15) is 0 Å². The van der Waals surface area contributed by atoms with E-state index in [-0.39, 0.29) is 23.7 Å². The maximum Gasteiger partial charge on any atom is 0.225 e. The summed E-state index contributed by atoms with van der Waals surface area (Å²) in [5.74, 6) is 0.462. The third-order valence-electron chi connectivity index (χ3n) is 6.76. The number of methoxy groups -OCH3 is 1. The lowest BCUT2D eigenvalue weighted by Gasteiger charge is -2.49. The van der Waals surface area contributed by atoms with Gasteiger partial charge in [0.15, 0.2) is 0 Å². The average Bonchev–Trinajstić information content (AvgIpc) is 2.87. The van der Waals surface area contributed by atoms with Crippen molar-refractivity contribution in [1.29, 1.82) is 0 Å². The van der Waals surface area contributed by atoms with E-state index in [2.05, 4.69) is 27.2 Å². The zero-order chi connectivity index (χ0) is 22.8. The number of ether oxygens (including phenoxy) is 1. The topological polar surface area (TPSA) is 44.8 Å². The van der Waals surface area contributed by atoms with Crippen LogP contribution in [0, 0.1) is 11.7 Å². The molecule has 2 unspecified atom stereocenters. The molecule has 3 aromatic rings. The van der Waals surface area contributed by atoms with E-state index in [1.807, 2.05) is 48.5 Å². The molecule has 0 saturated carbocycles. The van der Waals surface area contributed by atoms with E-state index in [4.69, 9.17) is 4.74 Å². The zero-order valence-electron chi connectivity index (χ0n) is 18.7. The van der Waals surface area contributed by atoms with Gasteiger partial charge in [0.25, 0.3) is 0 Å². The van der Waals surface area contributed by atoms with Crippen LogP contribution in [0.4, 0.5) is 15.8 Å². The number of nitrogens with zero attached hydrogens (tertiary/aromatic N) is 2. The van der Waals surface area contributed by atoms with Crippen molar-refractivity contribution < 1.29 is 13.9 Å². The van der Waals surface area contributed by atoms with Gasteiger partial charge in [-0.1, -0.05) is 36.4 Å². The molecule has 3 aromatic carbocycles. The summed E-state index contributed by atoms with van der Waals surface area (Å²) in [6, 6.07) is 22.7. The zero-order valence-corrected chi connectivity index (χ0v) is 18.7. The number of rotatable bonds is 5. The number of halogens is 1. The molecule has 1 amide bonds. The predicted molar refractivity (Wildman–Crippen MR) is 128 cm³/mol. The van der Waals surface area contributed by atoms with Crippen LogP contribution in [0.15, 0.2) is 72.8 Å². The van der Waals surface area contributed by atoms with Crippen molar-refractivity contribution >= 4 is 17.3 Å². The van der Waals surface area contributed by atoms with E-state index in [9.17, 15) is 9.18 Å². The van der Waals surface area contributed by atoms with Crippen LogP contribution < -0.4 is 19.9 Å². The van der Waals surface area contributed by atoms with Crippen LogP contribution in [-0.2, 0) is 17.8 Å². The van der Waals surface area contributed by atoms with Gasteiger partial charge in [0.1, 0.15) is 11.6 Å². The summed E-state index contributed by atoms with van der Waals surface area (Å²) in [7, 11) is 1.67. The maximum absolute atomic E-state index is 13.5. The van der Waals surface area contributed by atoms with Crippen LogP contribution >= 0.6 is 0 Å². The van der Waals surface area contributed by atoms with Crippen molar-refractivity contribution in [1.82, 2.24) is 5.32 Å². The fourth-order valence-electron chi connectivity index (χ4n) is 5.01. The number of anilines is 2. The highest BCUT2D eigenvalue weighted by molar-refractivity contribution is 5.82. The second-order valence-electron chi connectivity index (χ2n) is 8.69. The molecule has 0 spiro atoms. The largest absolute Gasteiger partial charge is 0.497 e. The van der Waals surface area contributed by atoms with Crippen LogP contribution in [0.1, 0.15) is 11.1 Å². The van der Waals surface area contributed by atoms with Crippen molar-refractivity contribution in [3.05, 3.63) is 89.7 Å². The van der Waals surface area contributed by atoms with Gasteiger partial charge in [-0.3, -0.25) is 4.79 Å². The standard InChI is InChI=1S/C27H28FN3O2/c1-33-23-12-7-20-15-24(27(32)29-17-19-5-3-2-4-6-19)26-18-30(13-14-31(26)25(20)16-23)22-10-8-21(28)9-11-22/h2-12,16,24,26H,13-15,17-18H2,1H3,(H,29,32). The molecule has 0 aliphatic carbocycles. The molecule has 2 aliphatic heterocycles. The summed E-state index contributed by atoms with van der Waals surface area (Å²) in [5.41, 5.74) is 4.38. The first-order valence-corrected chi connectivity index (χ1v) is 11.4. The molecule has 0 aromatic heterocycles. The minimum atomic E-state index is -0.241. The van der Waals surface area contributed by atoms with Gasteiger partial charge >= 0.3 is 0 Å². The molecule has 1 saturated heterocycles. The first-order chi connectivity index (χ1) is 16.1. The minimum absolute atomic E-state index is 0.0131. The number of hydrogen-bond donors (Lipinski definition) is 1. The van der Waals surface area contributed by atoms with Crippen molar-refractivity contribution in [2.45, 2.75) is 19.0 Å². The monoisotopic (exact) mass is 445 g/mol. The van der Waals surface area contributed by atoms with Crippen LogP contribution in [-0.4, -0.2) is 38.7 Å². The van der Waals surface area contributed by atoms with Crippen molar-refractivity contribution in [3.63, 3.8) is 0 Å². The first-order valence-electron chi connectivity index (χ1n) is 11.4. The highest BCUT2D eigenvalue weighted by Gasteiger charge is 2.41. The molecule has 33 heavy (non-hydrogen) atoms. The van der Waals surface area contributed by atoms with E-state index in [1.54, 1.807) is 7.11 Å². The van der Waals surface area contributed by atoms with Crippen LogP contribution in [0.5, 0.6) is 5.75 Å². The Kier molecular flexibility index (Phi) is 5.90. The van der Waals surface area contributed by atoms with Gasteiger partial charge in [-0.25, -0.2) is 4.39 Å². The highest BCUT2D eigenvalue weighted by Crippen LogP contribution is 2.39. The summed E-state index contributed by atoms with van der Waals surface area (Å²) >= 11 is 0. The van der Waals surface area contributed by atoms with Crippen LogP contribution in [0.25, 0.3) is 0 Å². The molecule has 5 nitrogen and oxygen atoms in total. The van der Waals surface area contributed by atoms with Gasteiger partial charge in [-0.15, -0.1) is 0 Å². The maximum atomic E-state index is 13.5. The molecule has 1 N–H and O–H groups in total. The van der Waals surface area contributed by atoms with E-state index in [0.29, 0.717) is 19.5 Å². The molecule has 6 heteroatoms. The van der Waals surface area contributed by atoms with Gasteiger partial charge in [0.2, 0.25) is 5.91 Å². The summed E-state index contributed by atoms with van der Waals surface area (Å²) in [5, 5.41) is 3.16. The smallest absolute Gasteiger partial charge is 0.225 e. The lowest BCUT2D eigenvalue weighted by molar-refractivity contribution is -0.126. The normalized spacial score (nSPS) is 19.5. The Morgan fingerprint density at radius 2 is 1.85 bits per heavy atom. The molecule has 1 fully saturated rings. The number of carbonyl (C=O) groups is 1. The van der Waals surface area contributed by atoms with E-state index in [1.165, 1.54) is 17.7 Å². The van der Waals surface area contributed by atoms with Gasteiger partial charge in [0.05, 0.1) is 19.1 Å². The lowest BCUT2D eigenvalue weighted by Crippen LogP contribution is -2.61. The quantitative estimate of drug-likeness (QED) is 0.645. The Hall–Kier alpha value is -3.54. The van der Waals surface area contributed by atoms with Gasteiger partial charge in [-0.05, 0) is 47.9 Å². The Labute approximate surface area is 193 Å². The SMILES string of the molecule is COc1ccc2c(c1)N1CCN(c3ccc(F)cc3)CC1C(C(=O)NCc1ccccc1)C2. The average molecular weight is 446 g/mol. The number of amides is 1. The number of carbonyl (C=O) groups excluding carboxylic acids is 1. The van der Waals surface area contributed by atoms with Crippen molar-refractivity contribution in [2.75, 3.05) is 36.5 Å². The number of benzene rings is 3. The Balaban J connectivity index is 1.42. The molecule has 5 rings (SSSR count). The van der Waals surface area contributed by atoms with Crippen LogP contribution in [0.2, 0.25) is 0 Å². The Morgan fingerprint density at radius 1 is 1.06 bits per heavy atom. The van der Waals surface area contributed by atoms with Crippen molar-refractivity contribution in [3.8, 4) is 5.75 Å². The number of piperazine rings is 1. The fourth-order valence-corrected chi connectivity index (χ4v) is 5.01. The predicted octanol–water partition coefficient (Wildman–Crippen LogP) is 4.02. The summed E-state index contributed by atoms with van der Waals surface area (Å²) in [6.45, 7) is 2.80. The summed E-state index contributed by atoms with van der Waals surface area (Å²) in [4.78, 5) is 18.0. The van der Waals surface area contributed by atoms with Crippen LogP contribution in [0.3, 0.4) is 0 Å². The second-order valence-corrected chi connectivity index (χ2v) is 8.69. The highest BCUT2D eigenvalue weighted by atomic mass is 19.1. The Morgan fingerprint density at radius 3 is 2.61 bits per heavy atom. The first kappa shape index (κ1) is 21.3. The van der Waals surface area contributed by atoms with Gasteiger partial charge in [0, 0.05) is 43.6 Å². The van der Waals surface area contributed by atoms with E-state index < -0.39 is 0 Å². The fraction of sp³-hybridized carbons (Fsp3) is 0.296. The van der Waals surface area contributed by atoms with Crippen molar-refractivity contribution in [2.24, 2.45) is 5.92 Å². The number of nitrogens with one attached hydrogen (secondary N) is 1. The van der Waals surface area contributed by atoms with Gasteiger partial charge < -0.3 is 19.9 Å². The molecule has 0 bridgehead atoms. The molecule has 0 radical (unpaired) electrons.